The lowest BCUT2D eigenvalue weighted by molar-refractivity contribution is -0.139. The Morgan fingerprint density at radius 2 is 1.68 bits per heavy atom. The number of carbonyl (C=O) groups is 2. The second-order valence-corrected chi connectivity index (χ2v) is 11.2. The molecule has 1 N–H and O–H groups in total. The van der Waals surface area contributed by atoms with Crippen molar-refractivity contribution < 1.29 is 22.4 Å². The maximum absolute atomic E-state index is 13.8. The van der Waals surface area contributed by atoms with Gasteiger partial charge in [-0.25, -0.2) is 12.8 Å². The Kier molecular flexibility index (Phi) is 9.88. The van der Waals surface area contributed by atoms with Crippen LogP contribution in [0.15, 0.2) is 77.7 Å². The van der Waals surface area contributed by atoms with Crippen molar-refractivity contribution in [2.45, 2.75) is 44.7 Å². The predicted molar refractivity (Wildman–Crippen MR) is 147 cm³/mol. The molecule has 0 radical (unpaired) electrons. The van der Waals surface area contributed by atoms with E-state index < -0.39 is 34.3 Å². The number of nitrogens with one attached hydrogen (secondary N) is 1. The van der Waals surface area contributed by atoms with E-state index in [-0.39, 0.29) is 23.0 Å². The molecule has 3 aromatic rings. The first-order valence-corrected chi connectivity index (χ1v) is 14.0. The van der Waals surface area contributed by atoms with Gasteiger partial charge in [0.25, 0.3) is 10.0 Å². The average Bonchev–Trinajstić information content (AvgIpc) is 2.89. The van der Waals surface area contributed by atoms with Crippen LogP contribution >= 0.6 is 11.6 Å². The maximum atomic E-state index is 13.8. The Morgan fingerprint density at radius 1 is 1.03 bits per heavy atom. The summed E-state index contributed by atoms with van der Waals surface area (Å²) in [6, 6.07) is 17.1. The van der Waals surface area contributed by atoms with E-state index in [4.69, 9.17) is 11.6 Å². The largest absolute Gasteiger partial charge is 0.354 e. The zero-order valence-electron chi connectivity index (χ0n) is 21.5. The number of halogens is 2. The minimum atomic E-state index is -4.25. The van der Waals surface area contributed by atoms with Crippen molar-refractivity contribution in [2.75, 3.05) is 17.4 Å². The number of nitrogens with zero attached hydrogens (tertiary/aromatic N) is 2. The topological polar surface area (TPSA) is 86.8 Å². The maximum Gasteiger partial charge on any atom is 0.264 e. The third-order valence-corrected chi connectivity index (χ3v) is 7.98. The first-order valence-electron chi connectivity index (χ1n) is 12.2. The van der Waals surface area contributed by atoms with Crippen molar-refractivity contribution >= 4 is 39.1 Å². The van der Waals surface area contributed by atoms with E-state index in [2.05, 4.69) is 5.32 Å². The number of benzene rings is 3. The fourth-order valence-electron chi connectivity index (χ4n) is 3.78. The molecular formula is C28H31ClFN3O4S. The van der Waals surface area contributed by atoms with Crippen LogP contribution in [0.3, 0.4) is 0 Å². The second-order valence-electron chi connectivity index (χ2n) is 8.92. The Labute approximate surface area is 228 Å². The van der Waals surface area contributed by atoms with Gasteiger partial charge < -0.3 is 10.2 Å². The number of rotatable bonds is 11. The molecule has 202 valence electrons. The molecule has 10 heteroatoms. The SMILES string of the molecule is CCCNC(=O)[C@@H](C)N(Cc1cccc(Cl)c1)C(=O)CN(c1ccc(C)cc1)S(=O)(=O)c1ccc(F)cc1. The van der Waals surface area contributed by atoms with Crippen LogP contribution in [0.25, 0.3) is 0 Å². The molecule has 0 bridgehead atoms. The molecule has 0 heterocycles. The highest BCUT2D eigenvalue weighted by Gasteiger charge is 2.32. The summed E-state index contributed by atoms with van der Waals surface area (Å²) in [7, 11) is -4.25. The predicted octanol–water partition coefficient (Wildman–Crippen LogP) is 4.93. The second kappa shape index (κ2) is 12.9. The summed E-state index contributed by atoms with van der Waals surface area (Å²) in [5.74, 6) is -1.53. The number of hydrogen-bond acceptors (Lipinski definition) is 4. The first-order chi connectivity index (χ1) is 18.0. The van der Waals surface area contributed by atoms with E-state index in [0.29, 0.717) is 17.1 Å². The summed E-state index contributed by atoms with van der Waals surface area (Å²) < 4.78 is 41.8. The fourth-order valence-corrected chi connectivity index (χ4v) is 5.41. The van der Waals surface area contributed by atoms with Crippen LogP contribution in [0.5, 0.6) is 0 Å². The summed E-state index contributed by atoms with van der Waals surface area (Å²) >= 11 is 6.14. The fraction of sp³-hybridized carbons (Fsp3) is 0.286. The number of amides is 2. The summed E-state index contributed by atoms with van der Waals surface area (Å²) in [6.45, 7) is 5.28. The molecule has 0 aliphatic carbocycles. The molecule has 0 unspecified atom stereocenters. The van der Waals surface area contributed by atoms with E-state index in [1.807, 2.05) is 13.8 Å². The van der Waals surface area contributed by atoms with Crippen LogP contribution in [0.2, 0.25) is 5.02 Å². The third kappa shape index (κ3) is 7.33. The molecule has 0 aliphatic heterocycles. The van der Waals surface area contributed by atoms with Gasteiger partial charge in [-0.1, -0.05) is 48.4 Å². The van der Waals surface area contributed by atoms with Crippen molar-refractivity contribution in [3.63, 3.8) is 0 Å². The average molecular weight is 560 g/mol. The smallest absolute Gasteiger partial charge is 0.264 e. The lowest BCUT2D eigenvalue weighted by Crippen LogP contribution is -2.51. The Hall–Kier alpha value is -3.43. The number of hydrogen-bond donors (Lipinski definition) is 1. The lowest BCUT2D eigenvalue weighted by Gasteiger charge is -2.32. The molecule has 38 heavy (non-hydrogen) atoms. The van der Waals surface area contributed by atoms with Gasteiger partial charge in [-0.15, -0.1) is 0 Å². The van der Waals surface area contributed by atoms with Gasteiger partial charge in [0.1, 0.15) is 18.4 Å². The minimum absolute atomic E-state index is 0.0401. The summed E-state index contributed by atoms with van der Waals surface area (Å²) in [4.78, 5) is 27.8. The van der Waals surface area contributed by atoms with Crippen LogP contribution < -0.4 is 9.62 Å². The molecule has 0 fully saturated rings. The summed E-state index contributed by atoms with van der Waals surface area (Å²) in [5, 5.41) is 3.26. The van der Waals surface area contributed by atoms with Crippen LogP contribution in [0, 0.1) is 12.7 Å². The zero-order valence-corrected chi connectivity index (χ0v) is 23.1. The van der Waals surface area contributed by atoms with Crippen molar-refractivity contribution in [1.82, 2.24) is 10.2 Å². The van der Waals surface area contributed by atoms with Gasteiger partial charge in [-0.2, -0.15) is 0 Å². The molecule has 7 nitrogen and oxygen atoms in total. The van der Waals surface area contributed by atoms with Crippen molar-refractivity contribution in [3.8, 4) is 0 Å². The standard InChI is InChI=1S/C28H31ClFN3O4S/c1-4-16-31-28(35)21(3)32(18-22-6-5-7-23(29)17-22)27(34)19-33(25-12-8-20(2)9-13-25)38(36,37)26-14-10-24(30)11-15-26/h5-15,17,21H,4,16,18-19H2,1-3H3,(H,31,35)/t21-/m1/s1. The van der Waals surface area contributed by atoms with E-state index in [1.54, 1.807) is 55.5 Å². The minimum Gasteiger partial charge on any atom is -0.354 e. The first kappa shape index (κ1) is 29.1. The summed E-state index contributed by atoms with van der Waals surface area (Å²) in [5.41, 5.74) is 1.85. The van der Waals surface area contributed by atoms with Gasteiger partial charge in [0, 0.05) is 18.1 Å². The normalized spacial score (nSPS) is 12.0. The van der Waals surface area contributed by atoms with Gasteiger partial charge in [0.05, 0.1) is 10.6 Å². The highest BCUT2D eigenvalue weighted by molar-refractivity contribution is 7.92. The lowest BCUT2D eigenvalue weighted by atomic mass is 10.1. The molecule has 3 rings (SSSR count). The molecule has 1 atom stereocenters. The molecule has 0 saturated heterocycles. The van der Waals surface area contributed by atoms with E-state index in [0.717, 1.165) is 40.6 Å². The third-order valence-electron chi connectivity index (χ3n) is 5.96. The van der Waals surface area contributed by atoms with E-state index in [1.165, 1.54) is 4.90 Å². The molecule has 3 aromatic carbocycles. The molecule has 0 aliphatic rings. The van der Waals surface area contributed by atoms with Crippen molar-refractivity contribution in [2.24, 2.45) is 0 Å². The van der Waals surface area contributed by atoms with Crippen LogP contribution in [-0.4, -0.2) is 44.3 Å². The Balaban J connectivity index is 2.01. The van der Waals surface area contributed by atoms with Crippen LogP contribution in [-0.2, 0) is 26.2 Å². The monoisotopic (exact) mass is 559 g/mol. The summed E-state index contributed by atoms with van der Waals surface area (Å²) in [6.07, 6.45) is 0.720. The molecule has 2 amide bonds. The highest BCUT2D eigenvalue weighted by atomic mass is 35.5. The van der Waals surface area contributed by atoms with E-state index >= 15 is 0 Å². The highest BCUT2D eigenvalue weighted by Crippen LogP contribution is 2.25. The van der Waals surface area contributed by atoms with Crippen LogP contribution in [0.1, 0.15) is 31.4 Å². The Morgan fingerprint density at radius 3 is 2.29 bits per heavy atom. The van der Waals surface area contributed by atoms with Crippen molar-refractivity contribution in [3.05, 3.63) is 94.8 Å². The molecule has 0 saturated carbocycles. The number of sulfonamides is 1. The Bertz CT molecular complexity index is 1370. The van der Waals surface area contributed by atoms with Gasteiger partial charge in [-0.05, 0) is 74.4 Å². The number of carbonyl (C=O) groups excluding carboxylic acids is 2. The van der Waals surface area contributed by atoms with Gasteiger partial charge in [0.15, 0.2) is 0 Å². The van der Waals surface area contributed by atoms with Gasteiger partial charge in [0.2, 0.25) is 11.8 Å². The van der Waals surface area contributed by atoms with Gasteiger partial charge >= 0.3 is 0 Å². The molecular weight excluding hydrogens is 529 g/mol. The molecule has 0 aromatic heterocycles. The van der Waals surface area contributed by atoms with Gasteiger partial charge in [-0.3, -0.25) is 13.9 Å². The van der Waals surface area contributed by atoms with Crippen molar-refractivity contribution in [1.29, 1.82) is 0 Å². The zero-order chi connectivity index (χ0) is 27.9. The van der Waals surface area contributed by atoms with Crippen LogP contribution in [0.4, 0.5) is 10.1 Å². The molecule has 0 spiro atoms. The number of aryl methyl sites for hydroxylation is 1. The van der Waals surface area contributed by atoms with E-state index in [9.17, 15) is 22.4 Å². The number of anilines is 1. The quantitative estimate of drug-likeness (QED) is 0.361.